The van der Waals surface area contributed by atoms with Crippen molar-refractivity contribution in [2.75, 3.05) is 31.1 Å². The molecule has 0 amide bonds. The highest BCUT2D eigenvalue weighted by atomic mass is 32.2. The molecule has 24 heavy (non-hydrogen) atoms. The lowest BCUT2D eigenvalue weighted by Crippen LogP contribution is -2.27. The van der Waals surface area contributed by atoms with Crippen molar-refractivity contribution >= 4 is 21.8 Å². The molecule has 0 aliphatic carbocycles. The van der Waals surface area contributed by atoms with Gasteiger partial charge in [0.1, 0.15) is 6.07 Å². The average molecular weight is 351 g/mol. The number of nitrogens with one attached hydrogen (secondary N) is 1. The van der Waals surface area contributed by atoms with Crippen molar-refractivity contribution in [1.82, 2.24) is 4.72 Å². The molecule has 0 saturated carbocycles. The van der Waals surface area contributed by atoms with E-state index in [0.29, 0.717) is 5.56 Å². The monoisotopic (exact) mass is 351 g/mol. The zero-order chi connectivity index (χ0) is 18.0. The van der Waals surface area contributed by atoms with E-state index in [9.17, 15) is 8.42 Å². The Morgan fingerprint density at radius 3 is 2.29 bits per heavy atom. The molecule has 0 bridgehead atoms. The van der Waals surface area contributed by atoms with Crippen LogP contribution in [0.4, 0.5) is 5.69 Å². The molecule has 1 aromatic carbocycles. The minimum atomic E-state index is -3.90. The van der Waals surface area contributed by atoms with Crippen LogP contribution in [-0.2, 0) is 10.0 Å². The molecule has 0 aliphatic rings. The lowest BCUT2D eigenvalue weighted by molar-refractivity contribution is 0.301. The van der Waals surface area contributed by atoms with Gasteiger partial charge in [-0.1, -0.05) is 26.0 Å². The molecule has 1 aromatic rings. The lowest BCUT2D eigenvalue weighted by Gasteiger charge is -2.23. The predicted octanol–water partition coefficient (Wildman–Crippen LogP) is 2.09. The number of sulfonamides is 1. The fourth-order valence-corrected chi connectivity index (χ4v) is 3.20. The van der Waals surface area contributed by atoms with Gasteiger partial charge in [0.2, 0.25) is 0 Å². The smallest absolute Gasteiger partial charge is 0.250 e. The fraction of sp³-hybridized carbons (Fsp3) is 0.471. The van der Waals surface area contributed by atoms with E-state index in [2.05, 4.69) is 23.5 Å². The summed E-state index contributed by atoms with van der Waals surface area (Å²) in [5, 5.41) is 17.8. The summed E-state index contributed by atoms with van der Waals surface area (Å²) in [4.78, 5) is 1.90. The van der Waals surface area contributed by atoms with Crippen LogP contribution in [0.1, 0.15) is 32.3 Å². The Kier molecular flexibility index (Phi) is 8.47. The van der Waals surface area contributed by atoms with Crippen LogP contribution in [-0.4, -0.2) is 39.8 Å². The second-order valence-electron chi connectivity index (χ2n) is 5.32. The lowest BCUT2D eigenvalue weighted by atomic mass is 10.1. The summed E-state index contributed by atoms with van der Waals surface area (Å²) in [6.07, 6.45) is 3.43. The summed E-state index contributed by atoms with van der Waals surface area (Å²) >= 11 is 0. The van der Waals surface area contributed by atoms with Gasteiger partial charge >= 0.3 is 0 Å². The maximum absolute atomic E-state index is 11.9. The van der Waals surface area contributed by atoms with Crippen molar-refractivity contribution in [2.24, 2.45) is 0 Å². The number of aliphatic hydroxyl groups excluding tert-OH is 1. The predicted molar refractivity (Wildman–Crippen MR) is 96.8 cm³/mol. The van der Waals surface area contributed by atoms with E-state index in [1.54, 1.807) is 18.2 Å². The summed E-state index contributed by atoms with van der Waals surface area (Å²) in [6.45, 7) is 5.74. The van der Waals surface area contributed by atoms with Gasteiger partial charge in [0.05, 0.1) is 6.61 Å². The summed E-state index contributed by atoms with van der Waals surface area (Å²) < 4.78 is 26.1. The third-order valence-corrected chi connectivity index (χ3v) is 4.72. The van der Waals surface area contributed by atoms with Crippen molar-refractivity contribution in [3.05, 3.63) is 34.7 Å². The van der Waals surface area contributed by atoms with Crippen molar-refractivity contribution < 1.29 is 13.5 Å². The zero-order valence-electron chi connectivity index (χ0n) is 14.2. The third-order valence-electron chi connectivity index (χ3n) is 3.35. The van der Waals surface area contributed by atoms with Crippen molar-refractivity contribution in [2.45, 2.75) is 26.7 Å². The Morgan fingerprint density at radius 2 is 1.83 bits per heavy atom. The van der Waals surface area contributed by atoms with Crippen molar-refractivity contribution in [1.29, 1.82) is 5.26 Å². The van der Waals surface area contributed by atoms with E-state index in [4.69, 9.17) is 10.4 Å². The van der Waals surface area contributed by atoms with Gasteiger partial charge in [-0.05, 0) is 36.6 Å². The van der Waals surface area contributed by atoms with E-state index >= 15 is 0 Å². The summed E-state index contributed by atoms with van der Waals surface area (Å²) in [5.74, 6) is 0. The van der Waals surface area contributed by atoms with Gasteiger partial charge in [0, 0.05) is 25.3 Å². The van der Waals surface area contributed by atoms with E-state index in [0.717, 1.165) is 31.6 Å². The quantitative estimate of drug-likeness (QED) is 0.630. The first-order valence-electron chi connectivity index (χ1n) is 8.05. The second-order valence-corrected chi connectivity index (χ2v) is 7.06. The Hall–Kier alpha value is -1.88. The minimum absolute atomic E-state index is 0.122. The molecule has 2 N–H and O–H groups in total. The molecule has 0 saturated heterocycles. The number of hydrogen-bond acceptors (Lipinski definition) is 5. The standard InChI is InChI=1S/C17H25N3O3S/c1-3-10-20(11-4-2)16-7-5-15(6-8-16)13-17(14-18)24(22,23)19-9-12-21/h5-8,13,19,21H,3-4,9-12H2,1-2H3/b17-13+. The van der Waals surface area contributed by atoms with Gasteiger partial charge in [0.15, 0.2) is 4.91 Å². The molecule has 7 heteroatoms. The fourth-order valence-electron chi connectivity index (χ4n) is 2.27. The highest BCUT2D eigenvalue weighted by Gasteiger charge is 2.16. The molecule has 0 heterocycles. The first-order chi connectivity index (χ1) is 11.5. The van der Waals surface area contributed by atoms with E-state index < -0.39 is 10.0 Å². The van der Waals surface area contributed by atoms with Gasteiger partial charge < -0.3 is 10.0 Å². The van der Waals surface area contributed by atoms with Crippen LogP contribution in [0.5, 0.6) is 0 Å². The number of nitriles is 1. The van der Waals surface area contributed by atoms with Crippen LogP contribution in [0.15, 0.2) is 29.2 Å². The van der Waals surface area contributed by atoms with Gasteiger partial charge in [0.25, 0.3) is 10.0 Å². The zero-order valence-corrected chi connectivity index (χ0v) is 15.0. The van der Waals surface area contributed by atoms with Gasteiger partial charge in [-0.3, -0.25) is 0 Å². The largest absolute Gasteiger partial charge is 0.395 e. The van der Waals surface area contributed by atoms with Gasteiger partial charge in [-0.25, -0.2) is 13.1 Å². The van der Waals surface area contributed by atoms with Crippen LogP contribution >= 0.6 is 0 Å². The molecule has 0 spiro atoms. The minimum Gasteiger partial charge on any atom is -0.395 e. The second kappa shape index (κ2) is 10.1. The van der Waals surface area contributed by atoms with Crippen molar-refractivity contribution in [3.63, 3.8) is 0 Å². The molecule has 0 unspecified atom stereocenters. The number of aliphatic hydroxyl groups is 1. The first-order valence-corrected chi connectivity index (χ1v) is 9.54. The number of hydrogen-bond donors (Lipinski definition) is 2. The Balaban J connectivity index is 3.00. The number of anilines is 1. The topological polar surface area (TPSA) is 93.4 Å². The normalized spacial score (nSPS) is 12.0. The average Bonchev–Trinajstić information content (AvgIpc) is 2.58. The number of allylic oxidation sites excluding steroid dienone is 1. The molecule has 0 radical (unpaired) electrons. The van der Waals surface area contributed by atoms with E-state index in [1.807, 2.05) is 12.1 Å². The first kappa shape index (κ1) is 20.2. The molecular formula is C17H25N3O3S. The highest BCUT2D eigenvalue weighted by Crippen LogP contribution is 2.18. The Bertz CT molecular complexity index is 670. The van der Waals surface area contributed by atoms with Crippen LogP contribution < -0.4 is 9.62 Å². The molecule has 0 fully saturated rings. The summed E-state index contributed by atoms with van der Waals surface area (Å²) in [7, 11) is -3.90. The molecule has 1 rings (SSSR count). The molecule has 0 aliphatic heterocycles. The Morgan fingerprint density at radius 1 is 1.25 bits per heavy atom. The van der Waals surface area contributed by atoms with E-state index in [-0.39, 0.29) is 18.1 Å². The maximum atomic E-state index is 11.9. The molecule has 6 nitrogen and oxygen atoms in total. The molecule has 132 valence electrons. The molecule has 0 aromatic heterocycles. The maximum Gasteiger partial charge on any atom is 0.250 e. The van der Waals surface area contributed by atoms with Gasteiger partial charge in [-0.15, -0.1) is 0 Å². The Labute approximate surface area is 144 Å². The molecule has 0 atom stereocenters. The van der Waals surface area contributed by atoms with Crippen LogP contribution in [0.25, 0.3) is 6.08 Å². The van der Waals surface area contributed by atoms with Crippen LogP contribution in [0.2, 0.25) is 0 Å². The van der Waals surface area contributed by atoms with Crippen LogP contribution in [0.3, 0.4) is 0 Å². The number of benzene rings is 1. The van der Waals surface area contributed by atoms with E-state index in [1.165, 1.54) is 6.08 Å². The highest BCUT2D eigenvalue weighted by molar-refractivity contribution is 7.93. The summed E-state index contributed by atoms with van der Waals surface area (Å²) in [6, 6.07) is 9.15. The third kappa shape index (κ3) is 5.96. The SMILES string of the molecule is CCCN(CCC)c1ccc(/C=C(\C#N)S(=O)(=O)NCCO)cc1. The number of rotatable bonds is 10. The van der Waals surface area contributed by atoms with Crippen LogP contribution in [0, 0.1) is 11.3 Å². The number of nitrogens with zero attached hydrogens (tertiary/aromatic N) is 2. The van der Waals surface area contributed by atoms with Gasteiger partial charge in [-0.2, -0.15) is 5.26 Å². The summed E-state index contributed by atoms with van der Waals surface area (Å²) in [5.41, 5.74) is 1.72. The molecular weight excluding hydrogens is 326 g/mol. The van der Waals surface area contributed by atoms with Crippen molar-refractivity contribution in [3.8, 4) is 6.07 Å².